The molecular formula is C15H15Cl2N3O3S. The fourth-order valence-corrected chi connectivity index (χ4v) is 3.77. The van der Waals surface area contributed by atoms with Crippen molar-refractivity contribution in [1.29, 1.82) is 0 Å². The normalized spacial score (nSPS) is 20.9. The fraction of sp³-hybridized carbons (Fsp3) is 0.400. The summed E-state index contributed by atoms with van der Waals surface area (Å²) in [7, 11) is 0. The van der Waals surface area contributed by atoms with Crippen LogP contribution >= 0.6 is 35.0 Å². The summed E-state index contributed by atoms with van der Waals surface area (Å²) in [6.07, 6.45) is 0.0566. The Labute approximate surface area is 153 Å². The smallest absolute Gasteiger partial charge is 0.262 e. The molecule has 1 fully saturated rings. The maximum atomic E-state index is 12.2. The molecular weight excluding hydrogens is 373 g/mol. The zero-order valence-corrected chi connectivity index (χ0v) is 15.0. The summed E-state index contributed by atoms with van der Waals surface area (Å²) in [5.74, 6) is -0.538. The Hall–Kier alpha value is -1.28. The topological polar surface area (TPSA) is 71.0 Å². The van der Waals surface area contributed by atoms with Gasteiger partial charge in [0.25, 0.3) is 5.91 Å². The van der Waals surface area contributed by atoms with E-state index in [0.717, 1.165) is 0 Å². The molecule has 1 atom stereocenters. The van der Waals surface area contributed by atoms with Gasteiger partial charge in [0, 0.05) is 25.2 Å². The van der Waals surface area contributed by atoms with Crippen molar-refractivity contribution < 1.29 is 14.3 Å². The van der Waals surface area contributed by atoms with Gasteiger partial charge in [-0.25, -0.2) is 0 Å². The summed E-state index contributed by atoms with van der Waals surface area (Å²) in [6.45, 7) is 2.66. The molecule has 0 radical (unpaired) electrons. The standard InChI is InChI=1S/C15H15Cl2N3O3S/c16-10-2-1-9(7-11(10)17)18-13(21)8-12-14(22)19-15(24-12)20-3-5-23-6-4-20/h1-2,7,12H,3-6,8H2,(H,18,21)/t12-/m0/s1. The number of aliphatic imine (C=N–C) groups is 1. The van der Waals surface area contributed by atoms with Gasteiger partial charge in [0.05, 0.1) is 23.3 Å². The molecule has 2 aliphatic rings. The van der Waals surface area contributed by atoms with E-state index in [1.54, 1.807) is 18.2 Å². The van der Waals surface area contributed by atoms with E-state index in [0.29, 0.717) is 47.2 Å². The third-order valence-electron chi connectivity index (χ3n) is 3.58. The van der Waals surface area contributed by atoms with Crippen molar-refractivity contribution in [1.82, 2.24) is 4.90 Å². The Kier molecular flexibility index (Phi) is 5.65. The quantitative estimate of drug-likeness (QED) is 0.862. The van der Waals surface area contributed by atoms with Crippen LogP contribution in [-0.4, -0.2) is 53.4 Å². The van der Waals surface area contributed by atoms with E-state index in [1.807, 2.05) is 4.90 Å². The maximum Gasteiger partial charge on any atom is 0.262 e. The van der Waals surface area contributed by atoms with Gasteiger partial charge in [-0.2, -0.15) is 4.99 Å². The Morgan fingerprint density at radius 3 is 2.79 bits per heavy atom. The molecule has 6 nitrogen and oxygen atoms in total. The van der Waals surface area contributed by atoms with E-state index in [4.69, 9.17) is 27.9 Å². The van der Waals surface area contributed by atoms with Crippen LogP contribution < -0.4 is 5.32 Å². The number of hydrogen-bond donors (Lipinski definition) is 1. The largest absolute Gasteiger partial charge is 0.378 e. The van der Waals surface area contributed by atoms with Crippen LogP contribution in [0.1, 0.15) is 6.42 Å². The van der Waals surface area contributed by atoms with Gasteiger partial charge in [-0.15, -0.1) is 0 Å². The number of benzene rings is 1. The summed E-state index contributed by atoms with van der Waals surface area (Å²) in [6, 6.07) is 4.83. The first-order valence-electron chi connectivity index (χ1n) is 7.40. The van der Waals surface area contributed by atoms with Crippen LogP contribution in [0.5, 0.6) is 0 Å². The van der Waals surface area contributed by atoms with Gasteiger partial charge in [-0.1, -0.05) is 35.0 Å². The van der Waals surface area contributed by atoms with Crippen LogP contribution in [0.2, 0.25) is 10.0 Å². The number of thioether (sulfide) groups is 1. The summed E-state index contributed by atoms with van der Waals surface area (Å²) < 4.78 is 5.29. The Morgan fingerprint density at radius 2 is 2.08 bits per heavy atom. The lowest BCUT2D eigenvalue weighted by molar-refractivity contribution is -0.121. The van der Waals surface area contributed by atoms with Crippen LogP contribution in [-0.2, 0) is 14.3 Å². The first kappa shape index (κ1) is 17.5. The molecule has 24 heavy (non-hydrogen) atoms. The molecule has 2 heterocycles. The molecule has 2 amide bonds. The van der Waals surface area contributed by atoms with Gasteiger partial charge in [-0.3, -0.25) is 9.59 Å². The zero-order valence-electron chi connectivity index (χ0n) is 12.6. The first-order valence-corrected chi connectivity index (χ1v) is 9.03. The van der Waals surface area contributed by atoms with Gasteiger partial charge < -0.3 is 15.0 Å². The van der Waals surface area contributed by atoms with E-state index in [1.165, 1.54) is 11.8 Å². The number of amides is 2. The number of nitrogens with zero attached hydrogens (tertiary/aromatic N) is 2. The number of carbonyl (C=O) groups excluding carboxylic acids is 2. The maximum absolute atomic E-state index is 12.2. The van der Waals surface area contributed by atoms with Crippen LogP contribution in [0.15, 0.2) is 23.2 Å². The average Bonchev–Trinajstić information content (AvgIpc) is 2.93. The first-order chi connectivity index (χ1) is 11.5. The van der Waals surface area contributed by atoms with Crippen molar-refractivity contribution in [2.24, 2.45) is 4.99 Å². The molecule has 0 spiro atoms. The van der Waals surface area contributed by atoms with Crippen LogP contribution in [0.4, 0.5) is 5.69 Å². The zero-order chi connectivity index (χ0) is 17.1. The Balaban J connectivity index is 1.55. The number of rotatable bonds is 3. The molecule has 3 rings (SSSR count). The third kappa shape index (κ3) is 4.22. The summed E-state index contributed by atoms with van der Waals surface area (Å²) in [4.78, 5) is 30.3. The lowest BCUT2D eigenvalue weighted by Crippen LogP contribution is -2.39. The van der Waals surface area contributed by atoms with Crippen molar-refractivity contribution in [2.75, 3.05) is 31.6 Å². The molecule has 0 bridgehead atoms. The number of halogens is 2. The lowest BCUT2D eigenvalue weighted by Gasteiger charge is -2.27. The minimum absolute atomic E-state index is 0.0566. The predicted molar refractivity (Wildman–Crippen MR) is 95.9 cm³/mol. The average molecular weight is 388 g/mol. The molecule has 1 aromatic rings. The SMILES string of the molecule is O=C(C[C@@H]1SC(N2CCOCC2)=NC1=O)Nc1ccc(Cl)c(Cl)c1. The van der Waals surface area contributed by atoms with Crippen LogP contribution in [0, 0.1) is 0 Å². The minimum atomic E-state index is -0.495. The van der Waals surface area contributed by atoms with E-state index in [2.05, 4.69) is 10.3 Å². The number of anilines is 1. The van der Waals surface area contributed by atoms with Crippen LogP contribution in [0.25, 0.3) is 0 Å². The van der Waals surface area contributed by atoms with Gasteiger partial charge >= 0.3 is 0 Å². The lowest BCUT2D eigenvalue weighted by atomic mass is 10.2. The second-order valence-corrected chi connectivity index (χ2v) is 7.30. The number of hydrogen-bond acceptors (Lipinski definition) is 5. The van der Waals surface area contributed by atoms with Gasteiger partial charge in [0.1, 0.15) is 5.25 Å². The molecule has 1 N–H and O–H groups in total. The van der Waals surface area contributed by atoms with Gasteiger partial charge in [0.2, 0.25) is 5.91 Å². The summed E-state index contributed by atoms with van der Waals surface area (Å²) in [5, 5.41) is 3.68. The Morgan fingerprint density at radius 1 is 1.33 bits per heavy atom. The summed E-state index contributed by atoms with van der Waals surface area (Å²) in [5.41, 5.74) is 0.541. The van der Waals surface area contributed by atoms with Crippen molar-refractivity contribution in [3.8, 4) is 0 Å². The minimum Gasteiger partial charge on any atom is -0.378 e. The number of morpholine rings is 1. The molecule has 9 heteroatoms. The summed E-state index contributed by atoms with van der Waals surface area (Å²) >= 11 is 13.1. The van der Waals surface area contributed by atoms with E-state index in [-0.39, 0.29) is 18.2 Å². The second-order valence-electron chi connectivity index (χ2n) is 5.32. The number of carbonyl (C=O) groups is 2. The number of ether oxygens (including phenoxy) is 1. The number of nitrogens with one attached hydrogen (secondary N) is 1. The molecule has 2 aliphatic heterocycles. The number of amidine groups is 1. The highest BCUT2D eigenvalue weighted by Crippen LogP contribution is 2.29. The highest BCUT2D eigenvalue weighted by atomic mass is 35.5. The van der Waals surface area contributed by atoms with Crippen molar-refractivity contribution in [3.05, 3.63) is 28.2 Å². The van der Waals surface area contributed by atoms with Crippen molar-refractivity contribution in [3.63, 3.8) is 0 Å². The second kappa shape index (κ2) is 7.74. The predicted octanol–water partition coefficient (Wildman–Crippen LogP) is 2.65. The van der Waals surface area contributed by atoms with E-state index < -0.39 is 5.25 Å². The molecule has 0 aliphatic carbocycles. The van der Waals surface area contributed by atoms with Gasteiger partial charge in [-0.05, 0) is 18.2 Å². The van der Waals surface area contributed by atoms with Gasteiger partial charge in [0.15, 0.2) is 5.17 Å². The van der Waals surface area contributed by atoms with Crippen molar-refractivity contribution in [2.45, 2.75) is 11.7 Å². The highest BCUT2D eigenvalue weighted by molar-refractivity contribution is 8.15. The molecule has 1 saturated heterocycles. The van der Waals surface area contributed by atoms with Crippen molar-refractivity contribution >= 4 is 57.6 Å². The molecule has 0 saturated carbocycles. The fourth-order valence-electron chi connectivity index (χ4n) is 2.35. The monoisotopic (exact) mass is 387 g/mol. The highest BCUT2D eigenvalue weighted by Gasteiger charge is 2.33. The van der Waals surface area contributed by atoms with Crippen LogP contribution in [0.3, 0.4) is 0 Å². The third-order valence-corrected chi connectivity index (χ3v) is 5.54. The van der Waals surface area contributed by atoms with E-state index >= 15 is 0 Å². The molecule has 0 aromatic heterocycles. The molecule has 1 aromatic carbocycles. The molecule has 0 unspecified atom stereocenters. The Bertz CT molecular complexity index is 693. The molecule has 128 valence electrons. The van der Waals surface area contributed by atoms with E-state index in [9.17, 15) is 9.59 Å².